The number of carbonyl (C=O) groups excluding carboxylic acids is 1. The van der Waals surface area contributed by atoms with Crippen LogP contribution in [0.4, 0.5) is 0 Å². The van der Waals surface area contributed by atoms with Crippen LogP contribution in [0.25, 0.3) is 0 Å². The lowest BCUT2D eigenvalue weighted by atomic mass is 9.87. The number of nitrogens with zero attached hydrogens (tertiary/aromatic N) is 2. The summed E-state index contributed by atoms with van der Waals surface area (Å²) in [7, 11) is 0. The molecule has 1 saturated carbocycles. The van der Waals surface area contributed by atoms with E-state index >= 15 is 0 Å². The minimum Gasteiger partial charge on any atom is -0.346 e. The van der Waals surface area contributed by atoms with Crippen LogP contribution in [0.1, 0.15) is 79.4 Å². The number of pyridine rings is 1. The third kappa shape index (κ3) is 5.48. The quantitative estimate of drug-likeness (QED) is 0.722. The van der Waals surface area contributed by atoms with Crippen molar-refractivity contribution in [2.75, 3.05) is 13.1 Å². The summed E-state index contributed by atoms with van der Waals surface area (Å²) in [5.74, 6) is 0.753. The van der Waals surface area contributed by atoms with Gasteiger partial charge in [-0.2, -0.15) is 0 Å². The number of nitrogens with one attached hydrogen (secondary N) is 1. The summed E-state index contributed by atoms with van der Waals surface area (Å²) in [5.41, 5.74) is 3.14. The van der Waals surface area contributed by atoms with E-state index in [2.05, 4.69) is 27.3 Å². The summed E-state index contributed by atoms with van der Waals surface area (Å²) in [6, 6.07) is 12.9. The normalized spacial score (nSPS) is 20.0. The third-order valence-corrected chi connectivity index (χ3v) is 7.03. The average molecular weight is 406 g/mol. The van der Waals surface area contributed by atoms with Crippen LogP contribution in [-0.2, 0) is 6.42 Å². The van der Waals surface area contributed by atoms with Gasteiger partial charge in [0.25, 0.3) is 5.91 Å². The molecule has 1 aromatic heterocycles. The van der Waals surface area contributed by atoms with Crippen LogP contribution in [0, 0.1) is 5.92 Å². The lowest BCUT2D eigenvalue weighted by Crippen LogP contribution is -2.42. The first-order chi connectivity index (χ1) is 14.7. The molecule has 1 saturated heterocycles. The molecule has 1 aliphatic carbocycles. The van der Waals surface area contributed by atoms with Gasteiger partial charge in [-0.25, -0.2) is 0 Å². The molecule has 2 fully saturated rings. The van der Waals surface area contributed by atoms with E-state index in [4.69, 9.17) is 0 Å². The highest BCUT2D eigenvalue weighted by atomic mass is 16.1. The Morgan fingerprint density at radius 2 is 1.67 bits per heavy atom. The molecule has 0 unspecified atom stereocenters. The molecule has 1 amide bonds. The second kappa shape index (κ2) is 10.2. The first-order valence-corrected chi connectivity index (χ1v) is 11.7. The minimum absolute atomic E-state index is 0.0216. The maximum absolute atomic E-state index is 12.6. The highest BCUT2D eigenvalue weighted by Gasteiger charge is 2.26. The second-order valence-corrected chi connectivity index (χ2v) is 9.15. The summed E-state index contributed by atoms with van der Waals surface area (Å²) in [4.78, 5) is 19.4. The number of aromatic nitrogens is 1. The highest BCUT2D eigenvalue weighted by Crippen LogP contribution is 2.28. The Morgan fingerprint density at radius 3 is 2.33 bits per heavy atom. The van der Waals surface area contributed by atoms with Crippen LogP contribution in [0.3, 0.4) is 0 Å². The summed E-state index contributed by atoms with van der Waals surface area (Å²) in [5, 5.41) is 3.08. The molecule has 0 radical (unpaired) electrons. The van der Waals surface area contributed by atoms with E-state index in [9.17, 15) is 4.79 Å². The van der Waals surface area contributed by atoms with Crippen molar-refractivity contribution in [2.45, 2.75) is 70.4 Å². The van der Waals surface area contributed by atoms with Crippen molar-refractivity contribution in [2.24, 2.45) is 5.92 Å². The van der Waals surface area contributed by atoms with Crippen LogP contribution in [0.5, 0.6) is 0 Å². The van der Waals surface area contributed by atoms with E-state index in [1.165, 1.54) is 63.6 Å². The zero-order valence-corrected chi connectivity index (χ0v) is 18.2. The second-order valence-electron chi connectivity index (χ2n) is 9.15. The monoisotopic (exact) mass is 405 g/mol. The molecule has 0 bridgehead atoms. The zero-order valence-electron chi connectivity index (χ0n) is 18.2. The van der Waals surface area contributed by atoms with E-state index in [1.807, 2.05) is 31.2 Å². The Labute approximate surface area is 181 Å². The van der Waals surface area contributed by atoms with Gasteiger partial charge in [-0.05, 0) is 93.4 Å². The van der Waals surface area contributed by atoms with Crippen molar-refractivity contribution in [3.05, 3.63) is 65.5 Å². The number of amides is 1. The topological polar surface area (TPSA) is 45.2 Å². The van der Waals surface area contributed by atoms with Crippen molar-refractivity contribution < 1.29 is 4.79 Å². The van der Waals surface area contributed by atoms with Crippen molar-refractivity contribution in [3.8, 4) is 0 Å². The molecule has 2 aliphatic rings. The van der Waals surface area contributed by atoms with E-state index in [0.29, 0.717) is 0 Å². The van der Waals surface area contributed by atoms with Gasteiger partial charge in [-0.15, -0.1) is 0 Å². The maximum Gasteiger partial charge on any atom is 0.251 e. The van der Waals surface area contributed by atoms with Crippen molar-refractivity contribution in [1.82, 2.24) is 15.2 Å². The third-order valence-electron chi connectivity index (χ3n) is 7.03. The molecule has 4 rings (SSSR count). The van der Waals surface area contributed by atoms with E-state index in [-0.39, 0.29) is 11.9 Å². The smallest absolute Gasteiger partial charge is 0.251 e. The average Bonchev–Trinajstić information content (AvgIpc) is 2.81. The Balaban J connectivity index is 1.25. The Bertz CT molecular complexity index is 791. The molecule has 1 N–H and O–H groups in total. The first kappa shape index (κ1) is 21.0. The van der Waals surface area contributed by atoms with Gasteiger partial charge in [0.2, 0.25) is 0 Å². The molecule has 160 valence electrons. The SMILES string of the molecule is C[C@H](NC(=O)c1ccc(CC2CCN(C3CCCCC3)CC2)cc1)c1ccncc1. The molecule has 0 spiro atoms. The van der Waals surface area contributed by atoms with E-state index < -0.39 is 0 Å². The fraction of sp³-hybridized carbons (Fsp3) is 0.538. The molecule has 4 heteroatoms. The molecular weight excluding hydrogens is 370 g/mol. The number of rotatable bonds is 6. The minimum atomic E-state index is -0.0328. The van der Waals surface area contributed by atoms with Crippen molar-refractivity contribution in [3.63, 3.8) is 0 Å². The summed E-state index contributed by atoms with van der Waals surface area (Å²) >= 11 is 0. The fourth-order valence-corrected chi connectivity index (χ4v) is 5.11. The predicted molar refractivity (Wildman–Crippen MR) is 121 cm³/mol. The van der Waals surface area contributed by atoms with E-state index in [1.54, 1.807) is 12.4 Å². The Morgan fingerprint density at radius 1 is 1.00 bits per heavy atom. The van der Waals surface area contributed by atoms with Crippen LogP contribution in [0.15, 0.2) is 48.8 Å². The summed E-state index contributed by atoms with van der Waals surface area (Å²) in [6.45, 7) is 4.53. The largest absolute Gasteiger partial charge is 0.346 e. The van der Waals surface area contributed by atoms with Crippen molar-refractivity contribution in [1.29, 1.82) is 0 Å². The number of carbonyl (C=O) groups is 1. The first-order valence-electron chi connectivity index (χ1n) is 11.7. The summed E-state index contributed by atoms with van der Waals surface area (Å²) < 4.78 is 0. The molecule has 4 nitrogen and oxygen atoms in total. The van der Waals surface area contributed by atoms with Crippen LogP contribution in [-0.4, -0.2) is 34.9 Å². The van der Waals surface area contributed by atoms with Gasteiger partial charge in [0, 0.05) is 24.0 Å². The van der Waals surface area contributed by atoms with Crippen LogP contribution < -0.4 is 5.32 Å². The Hall–Kier alpha value is -2.20. The number of benzene rings is 1. The van der Waals surface area contributed by atoms with Gasteiger partial charge < -0.3 is 10.2 Å². The van der Waals surface area contributed by atoms with Crippen LogP contribution >= 0.6 is 0 Å². The van der Waals surface area contributed by atoms with Gasteiger partial charge in [0.15, 0.2) is 0 Å². The van der Waals surface area contributed by atoms with Gasteiger partial charge in [0.1, 0.15) is 0 Å². The number of likely N-dealkylation sites (tertiary alicyclic amines) is 1. The molecule has 1 aliphatic heterocycles. The standard InChI is InChI=1S/C26H35N3O/c1-20(23-11-15-27-16-12-23)28-26(30)24-9-7-21(8-10-24)19-22-13-17-29(18-14-22)25-5-3-2-4-6-25/h7-12,15-16,20,22,25H,2-6,13-14,17-19H2,1H3,(H,28,30)/t20-/m0/s1. The van der Waals surface area contributed by atoms with Crippen molar-refractivity contribution >= 4 is 5.91 Å². The molecule has 1 atom stereocenters. The van der Waals surface area contributed by atoms with Gasteiger partial charge in [0.05, 0.1) is 6.04 Å². The number of hydrogen-bond donors (Lipinski definition) is 1. The summed E-state index contributed by atoms with van der Waals surface area (Å²) in [6.07, 6.45) is 14.4. The van der Waals surface area contributed by atoms with Gasteiger partial charge in [-0.1, -0.05) is 31.4 Å². The lowest BCUT2D eigenvalue weighted by molar-refractivity contribution is 0.0940. The van der Waals surface area contributed by atoms with Gasteiger partial charge >= 0.3 is 0 Å². The highest BCUT2D eigenvalue weighted by molar-refractivity contribution is 5.94. The molecule has 2 aromatic rings. The Kier molecular flexibility index (Phi) is 7.16. The number of piperidine rings is 1. The molecule has 30 heavy (non-hydrogen) atoms. The maximum atomic E-state index is 12.6. The molecule has 1 aromatic carbocycles. The lowest BCUT2D eigenvalue weighted by Gasteiger charge is -2.39. The molecule has 2 heterocycles. The number of hydrogen-bond acceptors (Lipinski definition) is 3. The van der Waals surface area contributed by atoms with Crippen LogP contribution in [0.2, 0.25) is 0 Å². The molecular formula is C26H35N3O. The fourth-order valence-electron chi connectivity index (χ4n) is 5.11. The predicted octanol–water partition coefficient (Wildman–Crippen LogP) is 5.16. The van der Waals surface area contributed by atoms with Gasteiger partial charge in [-0.3, -0.25) is 9.78 Å². The van der Waals surface area contributed by atoms with E-state index in [0.717, 1.165) is 29.5 Å². The zero-order chi connectivity index (χ0) is 20.8.